The van der Waals surface area contributed by atoms with Gasteiger partial charge in [-0.3, -0.25) is 9.59 Å². The van der Waals surface area contributed by atoms with Crippen LogP contribution in [0.3, 0.4) is 0 Å². The van der Waals surface area contributed by atoms with Crippen LogP contribution >= 0.6 is 11.8 Å². The largest absolute Gasteiger partial charge is 0.369 e. The molecule has 2 rings (SSSR count). The van der Waals surface area contributed by atoms with Gasteiger partial charge < -0.3 is 15.1 Å². The predicted molar refractivity (Wildman–Crippen MR) is 92.3 cm³/mol. The first-order valence-corrected chi connectivity index (χ1v) is 8.68. The van der Waals surface area contributed by atoms with Gasteiger partial charge in [0, 0.05) is 24.0 Å². The molecule has 1 aliphatic heterocycles. The Morgan fingerprint density at radius 1 is 1.36 bits per heavy atom. The fraction of sp³-hybridized carbons (Fsp3) is 0.500. The number of anilines is 2. The Bertz CT molecular complexity index is 531. The highest BCUT2D eigenvalue weighted by atomic mass is 32.2. The number of carbonyl (C=O) groups is 2. The summed E-state index contributed by atoms with van der Waals surface area (Å²) in [6.07, 6.45) is 0. The van der Waals surface area contributed by atoms with Crippen molar-refractivity contribution in [3.05, 3.63) is 24.3 Å². The normalized spacial score (nSPS) is 14.5. The third-order valence-electron chi connectivity index (χ3n) is 3.61. The molecule has 120 valence electrons. The van der Waals surface area contributed by atoms with E-state index in [9.17, 15) is 9.59 Å². The van der Waals surface area contributed by atoms with Crippen molar-refractivity contribution in [2.24, 2.45) is 0 Å². The molecular weight excluding hydrogens is 298 g/mol. The Hall–Kier alpha value is -1.69. The molecule has 22 heavy (non-hydrogen) atoms. The number of carbonyl (C=O) groups excluding carboxylic acids is 2. The zero-order valence-electron chi connectivity index (χ0n) is 13.3. The third kappa shape index (κ3) is 4.16. The van der Waals surface area contributed by atoms with Crippen LogP contribution < -0.4 is 10.2 Å². The zero-order chi connectivity index (χ0) is 16.1. The maximum absolute atomic E-state index is 12.0. The Labute approximate surface area is 136 Å². The molecule has 1 aromatic carbocycles. The molecule has 1 saturated heterocycles. The quantitative estimate of drug-likeness (QED) is 0.874. The summed E-state index contributed by atoms with van der Waals surface area (Å²) in [7, 11) is 0. The smallest absolute Gasteiger partial charge is 0.244 e. The second-order valence-corrected chi connectivity index (χ2v) is 6.50. The maximum Gasteiger partial charge on any atom is 0.244 e. The number of rotatable bonds is 6. The second-order valence-electron chi connectivity index (χ2n) is 5.54. The van der Waals surface area contributed by atoms with Crippen molar-refractivity contribution >= 4 is 35.0 Å². The molecule has 6 heteroatoms. The van der Waals surface area contributed by atoms with E-state index in [0.717, 1.165) is 17.9 Å². The zero-order valence-corrected chi connectivity index (χ0v) is 14.2. The minimum absolute atomic E-state index is 0.0334. The van der Waals surface area contributed by atoms with Gasteiger partial charge >= 0.3 is 0 Å². The first-order chi connectivity index (χ1) is 10.5. The minimum Gasteiger partial charge on any atom is -0.369 e. The van der Waals surface area contributed by atoms with Crippen LogP contribution in [-0.4, -0.2) is 47.5 Å². The summed E-state index contributed by atoms with van der Waals surface area (Å²) in [6.45, 7) is 7.51. The lowest BCUT2D eigenvalue weighted by atomic mass is 10.2. The van der Waals surface area contributed by atoms with Gasteiger partial charge in [-0.05, 0) is 45.0 Å². The van der Waals surface area contributed by atoms with Crippen LogP contribution in [0.5, 0.6) is 0 Å². The number of benzene rings is 1. The molecule has 1 aromatic rings. The van der Waals surface area contributed by atoms with Gasteiger partial charge in [-0.25, -0.2) is 0 Å². The van der Waals surface area contributed by atoms with Gasteiger partial charge in [-0.15, -0.1) is 11.8 Å². The van der Waals surface area contributed by atoms with Gasteiger partial charge in [-0.1, -0.05) is 0 Å². The third-order valence-corrected chi connectivity index (χ3v) is 4.55. The van der Waals surface area contributed by atoms with Gasteiger partial charge in [-0.2, -0.15) is 0 Å². The summed E-state index contributed by atoms with van der Waals surface area (Å²) in [5.41, 5.74) is 1.90. The topological polar surface area (TPSA) is 52.7 Å². The van der Waals surface area contributed by atoms with Crippen LogP contribution in [0, 0.1) is 0 Å². The molecule has 1 fully saturated rings. The molecule has 1 N–H and O–H groups in total. The van der Waals surface area contributed by atoms with Crippen LogP contribution in [-0.2, 0) is 9.59 Å². The lowest BCUT2D eigenvalue weighted by molar-refractivity contribution is -0.130. The van der Waals surface area contributed by atoms with Crippen LogP contribution in [0.15, 0.2) is 24.3 Å². The highest BCUT2D eigenvalue weighted by Gasteiger charge is 2.22. The second kappa shape index (κ2) is 7.54. The van der Waals surface area contributed by atoms with E-state index < -0.39 is 0 Å². The Balaban J connectivity index is 1.93. The van der Waals surface area contributed by atoms with E-state index in [-0.39, 0.29) is 18.4 Å². The van der Waals surface area contributed by atoms with E-state index in [4.69, 9.17) is 0 Å². The van der Waals surface area contributed by atoms with Gasteiger partial charge in [0.1, 0.15) is 6.54 Å². The predicted octanol–water partition coefficient (Wildman–Crippen LogP) is 2.39. The van der Waals surface area contributed by atoms with E-state index >= 15 is 0 Å². The van der Waals surface area contributed by atoms with E-state index in [2.05, 4.69) is 31.0 Å². The molecule has 0 atom stereocenters. The first kappa shape index (κ1) is 16.7. The fourth-order valence-corrected chi connectivity index (χ4v) is 3.40. The standard InChI is InChI=1S/C16H23N3O2S/c1-4-19(12(2)3)14-7-5-13(6-8-14)17-15(20)9-18-11-22-10-16(18)21/h5-8,12H,4,9-11H2,1-3H3,(H,17,20). The van der Waals surface area contributed by atoms with Crippen molar-refractivity contribution in [1.29, 1.82) is 0 Å². The molecule has 0 bridgehead atoms. The number of hydrogen-bond acceptors (Lipinski definition) is 4. The summed E-state index contributed by atoms with van der Waals surface area (Å²) in [5.74, 6) is 0.959. The Morgan fingerprint density at radius 2 is 2.05 bits per heavy atom. The summed E-state index contributed by atoms with van der Waals surface area (Å²) in [5, 5.41) is 2.84. The summed E-state index contributed by atoms with van der Waals surface area (Å²) in [6, 6.07) is 8.26. The molecule has 0 saturated carbocycles. The number of hydrogen-bond donors (Lipinski definition) is 1. The van der Waals surface area contributed by atoms with Crippen molar-refractivity contribution < 1.29 is 9.59 Å². The van der Waals surface area contributed by atoms with Crippen molar-refractivity contribution in [2.75, 3.05) is 34.9 Å². The first-order valence-electron chi connectivity index (χ1n) is 7.53. The van der Waals surface area contributed by atoms with Gasteiger partial charge in [0.2, 0.25) is 11.8 Å². The van der Waals surface area contributed by atoms with Gasteiger partial charge in [0.15, 0.2) is 0 Å². The maximum atomic E-state index is 12.0. The lowest BCUT2D eigenvalue weighted by Gasteiger charge is -2.27. The highest BCUT2D eigenvalue weighted by Crippen LogP contribution is 2.20. The van der Waals surface area contributed by atoms with Crippen LogP contribution in [0.2, 0.25) is 0 Å². The average Bonchev–Trinajstić information content (AvgIpc) is 2.86. The van der Waals surface area contributed by atoms with Gasteiger partial charge in [0.25, 0.3) is 0 Å². The van der Waals surface area contributed by atoms with Crippen molar-refractivity contribution in [3.8, 4) is 0 Å². The van der Waals surface area contributed by atoms with E-state index in [0.29, 0.717) is 17.7 Å². The van der Waals surface area contributed by atoms with Crippen molar-refractivity contribution in [3.63, 3.8) is 0 Å². The van der Waals surface area contributed by atoms with Crippen LogP contribution in [0.1, 0.15) is 20.8 Å². The van der Waals surface area contributed by atoms with Crippen molar-refractivity contribution in [1.82, 2.24) is 4.90 Å². The summed E-state index contributed by atoms with van der Waals surface area (Å²) in [4.78, 5) is 27.3. The molecule has 1 heterocycles. The van der Waals surface area contributed by atoms with Crippen LogP contribution in [0.4, 0.5) is 11.4 Å². The summed E-state index contributed by atoms with van der Waals surface area (Å²) < 4.78 is 0. The molecule has 0 unspecified atom stereocenters. The summed E-state index contributed by atoms with van der Waals surface area (Å²) >= 11 is 1.54. The number of nitrogens with zero attached hydrogens (tertiary/aromatic N) is 2. The minimum atomic E-state index is -0.153. The average molecular weight is 321 g/mol. The van der Waals surface area contributed by atoms with Gasteiger partial charge in [0.05, 0.1) is 11.6 Å². The Morgan fingerprint density at radius 3 is 2.55 bits per heavy atom. The number of amides is 2. The fourth-order valence-electron chi connectivity index (χ4n) is 2.50. The van der Waals surface area contributed by atoms with E-state index in [1.54, 1.807) is 4.90 Å². The molecule has 0 radical (unpaired) electrons. The number of nitrogens with one attached hydrogen (secondary N) is 1. The van der Waals surface area contributed by atoms with Crippen LogP contribution in [0.25, 0.3) is 0 Å². The molecule has 2 amide bonds. The molecule has 0 aromatic heterocycles. The van der Waals surface area contributed by atoms with Crippen molar-refractivity contribution in [2.45, 2.75) is 26.8 Å². The van der Waals surface area contributed by atoms with E-state index in [1.165, 1.54) is 11.8 Å². The lowest BCUT2D eigenvalue weighted by Crippen LogP contribution is -2.34. The van der Waals surface area contributed by atoms with E-state index in [1.807, 2.05) is 24.3 Å². The Kier molecular flexibility index (Phi) is 5.71. The highest BCUT2D eigenvalue weighted by molar-refractivity contribution is 8.00. The SMILES string of the molecule is CCN(c1ccc(NC(=O)CN2CSCC2=O)cc1)C(C)C. The number of thioether (sulfide) groups is 1. The molecule has 0 spiro atoms. The molecular formula is C16H23N3O2S. The molecule has 0 aliphatic carbocycles. The molecule has 1 aliphatic rings. The molecule has 5 nitrogen and oxygen atoms in total. The monoisotopic (exact) mass is 321 g/mol.